The molecule has 0 amide bonds. The molecule has 0 saturated heterocycles. The molecule has 1 N–H and O–H groups in total. The molecule has 0 saturated carbocycles. The zero-order valence-corrected chi connectivity index (χ0v) is 18.0. The summed E-state index contributed by atoms with van der Waals surface area (Å²) >= 11 is 12.3. The third-order valence-electron chi connectivity index (χ3n) is 4.53. The zero-order chi connectivity index (χ0) is 22.5. The van der Waals surface area contributed by atoms with Gasteiger partial charge in [0.15, 0.2) is 0 Å². The first-order valence-electron chi connectivity index (χ1n) is 9.47. The lowest BCUT2D eigenvalue weighted by molar-refractivity contribution is -0.383. The summed E-state index contributed by atoms with van der Waals surface area (Å²) in [7, 11) is 0. The van der Waals surface area contributed by atoms with E-state index in [2.05, 4.69) is 20.3 Å². The quantitative estimate of drug-likeness (QED) is 0.257. The molecule has 2 aromatic carbocycles. The Morgan fingerprint density at radius 3 is 2.47 bits per heavy atom. The minimum atomic E-state index is -0.531. The molecule has 0 spiro atoms. The number of aromatic nitrogens is 3. The molecule has 32 heavy (non-hydrogen) atoms. The van der Waals surface area contributed by atoms with Crippen molar-refractivity contribution in [2.75, 3.05) is 10.2 Å². The van der Waals surface area contributed by atoms with Crippen LogP contribution in [0.2, 0.25) is 10.0 Å². The Morgan fingerprint density at radius 2 is 1.75 bits per heavy atom. The lowest BCUT2D eigenvalue weighted by Crippen LogP contribution is -2.21. The molecule has 0 aliphatic rings. The molecule has 4 aromatic rings. The van der Waals surface area contributed by atoms with E-state index in [0.717, 1.165) is 5.56 Å². The Kier molecular flexibility index (Phi) is 6.44. The van der Waals surface area contributed by atoms with Crippen LogP contribution in [0, 0.1) is 10.1 Å². The average Bonchev–Trinajstić information content (AvgIpc) is 2.81. The summed E-state index contributed by atoms with van der Waals surface area (Å²) < 4.78 is 0. The Morgan fingerprint density at radius 1 is 0.969 bits per heavy atom. The molecule has 0 fully saturated rings. The third-order valence-corrected chi connectivity index (χ3v) is 5.10. The predicted molar refractivity (Wildman–Crippen MR) is 125 cm³/mol. The Balaban J connectivity index is 1.83. The van der Waals surface area contributed by atoms with Crippen molar-refractivity contribution in [1.82, 2.24) is 15.0 Å². The number of nitrogens with one attached hydrogen (secondary N) is 1. The maximum absolute atomic E-state index is 12.2. The van der Waals surface area contributed by atoms with E-state index in [1.807, 2.05) is 30.3 Å². The van der Waals surface area contributed by atoms with Gasteiger partial charge in [0.2, 0.25) is 11.6 Å². The smallest absolute Gasteiger partial charge is 0.333 e. The van der Waals surface area contributed by atoms with E-state index < -0.39 is 4.92 Å². The first kappa shape index (κ1) is 21.5. The molecule has 0 bridgehead atoms. The van der Waals surface area contributed by atoms with Crippen molar-refractivity contribution < 1.29 is 4.92 Å². The molecule has 0 unspecified atom stereocenters. The van der Waals surface area contributed by atoms with Crippen LogP contribution in [0.1, 0.15) is 5.56 Å². The Bertz CT molecular complexity index is 1240. The Hall–Kier alpha value is -3.75. The summed E-state index contributed by atoms with van der Waals surface area (Å²) in [4.78, 5) is 26.0. The molecule has 0 aliphatic carbocycles. The lowest BCUT2D eigenvalue weighted by Gasteiger charge is -2.23. The fraction of sp³-hybridized carbons (Fsp3) is 0.0455. The number of anilines is 4. The van der Waals surface area contributed by atoms with Gasteiger partial charge in [-0.25, -0.2) is 15.0 Å². The second-order valence-electron chi connectivity index (χ2n) is 6.66. The fourth-order valence-corrected chi connectivity index (χ4v) is 3.43. The second-order valence-corrected chi connectivity index (χ2v) is 7.50. The number of nitrogens with zero attached hydrogens (tertiary/aromatic N) is 5. The van der Waals surface area contributed by atoms with Crippen molar-refractivity contribution in [3.63, 3.8) is 0 Å². The van der Waals surface area contributed by atoms with Crippen molar-refractivity contribution in [3.05, 3.63) is 105 Å². The van der Waals surface area contributed by atoms with E-state index in [0.29, 0.717) is 28.1 Å². The number of nitro groups is 1. The van der Waals surface area contributed by atoms with Gasteiger partial charge in [-0.3, -0.25) is 10.1 Å². The minimum absolute atomic E-state index is 0.0156. The number of hydrogen-bond acceptors (Lipinski definition) is 7. The highest BCUT2D eigenvalue weighted by Crippen LogP contribution is 2.38. The first-order chi connectivity index (χ1) is 15.5. The Labute approximate surface area is 193 Å². The van der Waals surface area contributed by atoms with Gasteiger partial charge < -0.3 is 10.2 Å². The molecule has 2 aromatic heterocycles. The van der Waals surface area contributed by atoms with Crippen LogP contribution in [-0.4, -0.2) is 19.9 Å². The molecule has 4 rings (SSSR count). The molecule has 0 radical (unpaired) electrons. The van der Waals surface area contributed by atoms with Crippen LogP contribution in [0.25, 0.3) is 0 Å². The summed E-state index contributed by atoms with van der Waals surface area (Å²) in [5.41, 5.74) is 1.00. The number of benzene rings is 2. The normalized spacial score (nSPS) is 10.6. The van der Waals surface area contributed by atoms with Crippen LogP contribution in [0.5, 0.6) is 0 Å². The molecule has 10 heteroatoms. The molecule has 160 valence electrons. The maximum Gasteiger partial charge on any atom is 0.354 e. The van der Waals surface area contributed by atoms with E-state index in [4.69, 9.17) is 23.2 Å². The van der Waals surface area contributed by atoms with Crippen molar-refractivity contribution in [3.8, 4) is 0 Å². The van der Waals surface area contributed by atoms with E-state index in [1.165, 1.54) is 6.33 Å². The predicted octanol–water partition coefficient (Wildman–Crippen LogP) is 6.17. The summed E-state index contributed by atoms with van der Waals surface area (Å²) in [6.45, 7) is 0.313. The van der Waals surface area contributed by atoms with Crippen LogP contribution in [0.15, 0.2) is 79.3 Å². The van der Waals surface area contributed by atoms with Crippen LogP contribution in [0.3, 0.4) is 0 Å². The highest BCUT2D eigenvalue weighted by Gasteiger charge is 2.29. The summed E-state index contributed by atoms with van der Waals surface area (Å²) in [6.07, 6.45) is 2.87. The molecular formula is C22H16Cl2N6O2. The van der Waals surface area contributed by atoms with Gasteiger partial charge in [-0.15, -0.1) is 0 Å². The number of halogens is 2. The first-order valence-corrected chi connectivity index (χ1v) is 10.2. The third kappa shape index (κ3) is 4.77. The zero-order valence-electron chi connectivity index (χ0n) is 16.5. The highest BCUT2D eigenvalue weighted by atomic mass is 35.5. The second kappa shape index (κ2) is 9.59. The van der Waals surface area contributed by atoms with Crippen LogP contribution in [0.4, 0.5) is 28.8 Å². The molecule has 2 heterocycles. The molecule has 0 aliphatic heterocycles. The largest absolute Gasteiger partial charge is 0.354 e. The minimum Gasteiger partial charge on any atom is -0.333 e. The van der Waals surface area contributed by atoms with Gasteiger partial charge in [0.05, 0.1) is 22.2 Å². The van der Waals surface area contributed by atoms with Crippen molar-refractivity contribution in [1.29, 1.82) is 0 Å². The van der Waals surface area contributed by atoms with Crippen LogP contribution < -0.4 is 10.2 Å². The van der Waals surface area contributed by atoms with Crippen LogP contribution >= 0.6 is 23.2 Å². The van der Waals surface area contributed by atoms with E-state index in [-0.39, 0.29) is 17.3 Å². The monoisotopic (exact) mass is 466 g/mol. The van der Waals surface area contributed by atoms with Gasteiger partial charge in [0.25, 0.3) is 0 Å². The summed E-state index contributed by atoms with van der Waals surface area (Å²) in [5.74, 6) is 0.580. The molecule has 0 atom stereocenters. The summed E-state index contributed by atoms with van der Waals surface area (Å²) in [6, 6.07) is 19.7. The number of pyridine rings is 1. The highest BCUT2D eigenvalue weighted by molar-refractivity contribution is 6.35. The summed E-state index contributed by atoms with van der Waals surface area (Å²) in [5, 5.41) is 15.8. The fourth-order valence-electron chi connectivity index (χ4n) is 3.09. The number of rotatable bonds is 7. The van der Waals surface area contributed by atoms with Crippen molar-refractivity contribution >= 4 is 52.0 Å². The van der Waals surface area contributed by atoms with Crippen LogP contribution in [-0.2, 0) is 6.54 Å². The SMILES string of the molecule is O=[N+]([O-])c1c(Nc2cc(Cl)ccc2Cl)ncnc1N(Cc1ccccc1)c1ccccn1. The van der Waals surface area contributed by atoms with Gasteiger partial charge in [0.1, 0.15) is 12.1 Å². The van der Waals surface area contributed by atoms with Gasteiger partial charge in [-0.1, -0.05) is 59.6 Å². The van der Waals surface area contributed by atoms with Crippen molar-refractivity contribution in [2.24, 2.45) is 0 Å². The van der Waals surface area contributed by atoms with Gasteiger partial charge in [0, 0.05) is 11.2 Å². The van der Waals surface area contributed by atoms with Gasteiger partial charge >= 0.3 is 5.69 Å². The van der Waals surface area contributed by atoms with E-state index in [9.17, 15) is 10.1 Å². The lowest BCUT2D eigenvalue weighted by atomic mass is 10.2. The topological polar surface area (TPSA) is 97.1 Å². The van der Waals surface area contributed by atoms with Gasteiger partial charge in [-0.05, 0) is 35.9 Å². The number of hydrogen-bond donors (Lipinski definition) is 1. The van der Waals surface area contributed by atoms with Gasteiger partial charge in [-0.2, -0.15) is 0 Å². The van der Waals surface area contributed by atoms with Crippen molar-refractivity contribution in [2.45, 2.75) is 6.54 Å². The van der Waals surface area contributed by atoms with E-state index >= 15 is 0 Å². The molecular weight excluding hydrogens is 451 g/mol. The standard InChI is InChI=1S/C22H16Cl2N6O2/c23-16-9-10-17(24)18(12-16)28-21-20(30(31)32)22(27-14-26-21)29(19-8-4-5-11-25-19)13-15-6-2-1-3-7-15/h1-12,14H,13H2,(H,26,27,28). The average molecular weight is 467 g/mol. The maximum atomic E-state index is 12.2. The van der Waals surface area contributed by atoms with E-state index in [1.54, 1.807) is 47.5 Å². The molecule has 8 nitrogen and oxygen atoms in total.